The summed E-state index contributed by atoms with van der Waals surface area (Å²) in [5, 5.41) is 7.26. The van der Waals surface area contributed by atoms with Gasteiger partial charge in [0, 0.05) is 44.2 Å². The molecule has 5 rings (SSSR count). The van der Waals surface area contributed by atoms with Crippen molar-refractivity contribution in [1.29, 1.82) is 0 Å². The molecule has 2 N–H and O–H groups in total. The molecule has 3 fully saturated rings. The van der Waals surface area contributed by atoms with Crippen LogP contribution in [-0.2, 0) is 5.41 Å². The van der Waals surface area contributed by atoms with Crippen molar-refractivity contribution < 1.29 is 9.47 Å². The van der Waals surface area contributed by atoms with Crippen molar-refractivity contribution in [2.45, 2.75) is 62.4 Å². The first-order chi connectivity index (χ1) is 13.8. The predicted molar refractivity (Wildman–Crippen MR) is 110 cm³/mol. The Morgan fingerprint density at radius 2 is 2.00 bits per heavy atom. The molecule has 2 aliphatic carbocycles. The first-order valence-electron chi connectivity index (χ1n) is 10.9. The number of benzene rings is 1. The Bertz CT molecular complexity index is 740. The Kier molecular flexibility index (Phi) is 4.83. The summed E-state index contributed by atoms with van der Waals surface area (Å²) in [7, 11) is 1.87. The zero-order valence-corrected chi connectivity index (χ0v) is 16.9. The lowest BCUT2D eigenvalue weighted by molar-refractivity contribution is 0.174. The zero-order chi connectivity index (χ0) is 19.0. The molecule has 0 aromatic heterocycles. The highest BCUT2D eigenvalue weighted by Gasteiger charge is 2.45. The fourth-order valence-corrected chi connectivity index (χ4v) is 5.09. The molecule has 6 nitrogen and oxygen atoms in total. The summed E-state index contributed by atoms with van der Waals surface area (Å²) in [6, 6.07) is 7.72. The average Bonchev–Trinajstić information content (AvgIpc) is 3.16. The van der Waals surface area contributed by atoms with Gasteiger partial charge in [-0.3, -0.25) is 9.89 Å². The Morgan fingerprint density at radius 1 is 1.18 bits per heavy atom. The second-order valence-electron chi connectivity index (χ2n) is 8.84. The molecular formula is C22H32N4O2. The first kappa shape index (κ1) is 18.1. The standard InChI is InChI=1S/C22H32N4O2/c1-23-21(25-17-8-11-26(13-17)18-4-2-3-5-18)24-14-22(9-10-22)16-6-7-19-20(12-16)28-15-27-19/h6-7,12,17-18H,2-5,8-11,13-15H2,1H3,(H2,23,24,25). The van der Waals surface area contributed by atoms with E-state index in [1.54, 1.807) is 0 Å². The number of nitrogens with zero attached hydrogens (tertiary/aromatic N) is 2. The third-order valence-electron chi connectivity index (χ3n) is 7.06. The minimum Gasteiger partial charge on any atom is -0.454 e. The molecule has 6 heteroatoms. The Morgan fingerprint density at radius 3 is 2.79 bits per heavy atom. The summed E-state index contributed by atoms with van der Waals surface area (Å²) >= 11 is 0. The van der Waals surface area contributed by atoms with E-state index in [1.807, 2.05) is 13.1 Å². The second kappa shape index (κ2) is 7.47. The number of hydrogen-bond donors (Lipinski definition) is 2. The predicted octanol–water partition coefficient (Wildman–Crippen LogP) is 2.63. The fourth-order valence-electron chi connectivity index (χ4n) is 5.09. The Hall–Kier alpha value is -1.95. The highest BCUT2D eigenvalue weighted by Crippen LogP contribution is 2.49. The van der Waals surface area contributed by atoms with Crippen LogP contribution in [0.2, 0.25) is 0 Å². The van der Waals surface area contributed by atoms with E-state index in [4.69, 9.17) is 9.47 Å². The summed E-state index contributed by atoms with van der Waals surface area (Å²) in [4.78, 5) is 7.18. The maximum atomic E-state index is 5.57. The zero-order valence-electron chi connectivity index (χ0n) is 16.9. The first-order valence-corrected chi connectivity index (χ1v) is 10.9. The number of aliphatic imine (C=N–C) groups is 1. The maximum absolute atomic E-state index is 5.57. The number of fused-ring (bicyclic) bond motifs is 1. The van der Waals surface area contributed by atoms with E-state index < -0.39 is 0 Å². The smallest absolute Gasteiger partial charge is 0.231 e. The Labute approximate surface area is 167 Å². The molecule has 2 saturated carbocycles. The van der Waals surface area contributed by atoms with Crippen LogP contribution in [0.25, 0.3) is 0 Å². The van der Waals surface area contributed by atoms with Gasteiger partial charge < -0.3 is 20.1 Å². The van der Waals surface area contributed by atoms with E-state index in [1.165, 1.54) is 57.1 Å². The third-order valence-corrected chi connectivity index (χ3v) is 7.06. The fraction of sp³-hybridized carbons (Fsp3) is 0.682. The molecule has 1 atom stereocenters. The molecule has 1 aromatic carbocycles. The number of ether oxygens (including phenoxy) is 2. The van der Waals surface area contributed by atoms with Gasteiger partial charge in [-0.2, -0.15) is 0 Å². The molecular weight excluding hydrogens is 352 g/mol. The van der Waals surface area contributed by atoms with Crippen LogP contribution in [0.15, 0.2) is 23.2 Å². The molecule has 1 aromatic rings. The van der Waals surface area contributed by atoms with Crippen LogP contribution >= 0.6 is 0 Å². The van der Waals surface area contributed by atoms with Crippen molar-refractivity contribution in [2.75, 3.05) is 33.5 Å². The normalized spacial score (nSPS) is 26.6. The van der Waals surface area contributed by atoms with Crippen LogP contribution in [0.5, 0.6) is 11.5 Å². The number of likely N-dealkylation sites (tertiary alicyclic amines) is 1. The van der Waals surface area contributed by atoms with Crippen LogP contribution in [0.3, 0.4) is 0 Å². The van der Waals surface area contributed by atoms with Crippen LogP contribution < -0.4 is 20.1 Å². The molecule has 2 heterocycles. The van der Waals surface area contributed by atoms with Gasteiger partial charge in [-0.1, -0.05) is 18.9 Å². The lowest BCUT2D eigenvalue weighted by Gasteiger charge is -2.24. The maximum Gasteiger partial charge on any atom is 0.231 e. The summed E-state index contributed by atoms with van der Waals surface area (Å²) in [5.41, 5.74) is 1.54. The number of rotatable bonds is 5. The van der Waals surface area contributed by atoms with E-state index in [0.29, 0.717) is 12.8 Å². The van der Waals surface area contributed by atoms with Gasteiger partial charge in [-0.15, -0.1) is 0 Å². The van der Waals surface area contributed by atoms with Crippen molar-refractivity contribution in [1.82, 2.24) is 15.5 Å². The molecule has 0 radical (unpaired) electrons. The van der Waals surface area contributed by atoms with Crippen LogP contribution in [0, 0.1) is 0 Å². The van der Waals surface area contributed by atoms with Gasteiger partial charge in [0.1, 0.15) is 0 Å². The van der Waals surface area contributed by atoms with Crippen LogP contribution in [0.4, 0.5) is 0 Å². The third kappa shape index (κ3) is 3.54. The summed E-state index contributed by atoms with van der Waals surface area (Å²) in [5.74, 6) is 2.67. The van der Waals surface area contributed by atoms with Crippen LogP contribution in [-0.4, -0.2) is 56.4 Å². The monoisotopic (exact) mass is 384 g/mol. The minimum absolute atomic E-state index is 0.199. The summed E-state index contributed by atoms with van der Waals surface area (Å²) in [6.45, 7) is 3.62. The van der Waals surface area contributed by atoms with E-state index in [0.717, 1.165) is 36.6 Å². The SMILES string of the molecule is CN=C(NCC1(c2ccc3c(c2)OCO3)CC1)NC1CCN(C2CCCC2)C1. The summed E-state index contributed by atoms with van der Waals surface area (Å²) < 4.78 is 11.0. The van der Waals surface area contributed by atoms with Crippen molar-refractivity contribution in [3.05, 3.63) is 23.8 Å². The van der Waals surface area contributed by atoms with E-state index in [9.17, 15) is 0 Å². The van der Waals surface area contributed by atoms with Crippen LogP contribution in [0.1, 0.15) is 50.5 Å². The van der Waals surface area contributed by atoms with Crippen molar-refractivity contribution in [3.63, 3.8) is 0 Å². The van der Waals surface area contributed by atoms with Gasteiger partial charge in [0.25, 0.3) is 0 Å². The highest BCUT2D eigenvalue weighted by atomic mass is 16.7. The Balaban J connectivity index is 1.15. The molecule has 2 aliphatic heterocycles. The molecule has 0 spiro atoms. The quantitative estimate of drug-likeness (QED) is 0.604. The molecule has 1 unspecified atom stereocenters. The summed E-state index contributed by atoms with van der Waals surface area (Å²) in [6.07, 6.45) is 9.21. The minimum atomic E-state index is 0.199. The van der Waals surface area contributed by atoms with Crippen molar-refractivity contribution in [2.24, 2.45) is 4.99 Å². The largest absolute Gasteiger partial charge is 0.454 e. The number of hydrogen-bond acceptors (Lipinski definition) is 4. The number of guanidine groups is 1. The lowest BCUT2D eigenvalue weighted by Crippen LogP contribution is -2.47. The molecule has 4 aliphatic rings. The van der Waals surface area contributed by atoms with E-state index in [-0.39, 0.29) is 5.41 Å². The van der Waals surface area contributed by atoms with Gasteiger partial charge in [-0.25, -0.2) is 0 Å². The lowest BCUT2D eigenvalue weighted by atomic mass is 9.95. The average molecular weight is 385 g/mol. The molecule has 1 saturated heterocycles. The van der Waals surface area contributed by atoms with Gasteiger partial charge >= 0.3 is 0 Å². The molecule has 28 heavy (non-hydrogen) atoms. The van der Waals surface area contributed by atoms with Gasteiger partial charge in [0.05, 0.1) is 0 Å². The molecule has 152 valence electrons. The van der Waals surface area contributed by atoms with E-state index >= 15 is 0 Å². The van der Waals surface area contributed by atoms with Crippen molar-refractivity contribution >= 4 is 5.96 Å². The molecule has 0 amide bonds. The number of nitrogens with one attached hydrogen (secondary N) is 2. The second-order valence-corrected chi connectivity index (χ2v) is 8.84. The van der Waals surface area contributed by atoms with Crippen molar-refractivity contribution in [3.8, 4) is 11.5 Å². The molecule has 0 bridgehead atoms. The van der Waals surface area contributed by atoms with E-state index in [2.05, 4.69) is 32.7 Å². The van der Waals surface area contributed by atoms with Gasteiger partial charge in [-0.05, 0) is 49.8 Å². The topological polar surface area (TPSA) is 58.1 Å². The van der Waals surface area contributed by atoms with Gasteiger partial charge in [0.2, 0.25) is 6.79 Å². The highest BCUT2D eigenvalue weighted by molar-refractivity contribution is 5.80. The van der Waals surface area contributed by atoms with Gasteiger partial charge in [0.15, 0.2) is 17.5 Å².